The molecule has 0 saturated carbocycles. The third kappa shape index (κ3) is 4.87. The lowest BCUT2D eigenvalue weighted by Crippen LogP contribution is -2.31. The molecule has 0 heterocycles. The summed E-state index contributed by atoms with van der Waals surface area (Å²) in [7, 11) is -2.07. The average Bonchev–Trinajstić information content (AvgIpc) is 3.05. The Hall–Kier alpha value is -2.96. The lowest BCUT2D eigenvalue weighted by atomic mass is 9.98. The predicted molar refractivity (Wildman–Crippen MR) is 130 cm³/mol. The third-order valence-electron chi connectivity index (χ3n) is 6.32. The molecule has 4 rings (SSSR count). The largest absolute Gasteiger partial charge is 0.486 e. The molecule has 6 heteroatoms. The molecule has 0 N–H and O–H groups in total. The molecule has 0 bridgehead atoms. The Balaban J connectivity index is 1.69. The summed E-state index contributed by atoms with van der Waals surface area (Å²) in [6.45, 7) is 2.01. The maximum Gasteiger partial charge on any atom is 0.243 e. The Morgan fingerprint density at radius 3 is 2.52 bits per heavy atom. The summed E-state index contributed by atoms with van der Waals surface area (Å²) in [5.41, 5.74) is 4.96. The highest BCUT2D eigenvalue weighted by atomic mass is 32.2. The van der Waals surface area contributed by atoms with E-state index < -0.39 is 10.0 Å². The van der Waals surface area contributed by atoms with Crippen molar-refractivity contribution in [1.29, 1.82) is 0 Å². The Morgan fingerprint density at radius 2 is 1.76 bits per heavy atom. The molecule has 0 amide bonds. The maximum atomic E-state index is 13.7. The van der Waals surface area contributed by atoms with Crippen molar-refractivity contribution in [3.05, 3.63) is 83.4 Å². The van der Waals surface area contributed by atoms with Gasteiger partial charge < -0.3 is 4.74 Å². The molecule has 1 atom stereocenters. The summed E-state index contributed by atoms with van der Waals surface area (Å²) in [6, 6.07) is 20.6. The molecule has 0 fully saturated rings. The minimum absolute atomic E-state index is 0.0128. The number of carbonyl (C=O) groups is 1. The fourth-order valence-electron chi connectivity index (χ4n) is 4.51. The number of aldehydes is 1. The van der Waals surface area contributed by atoms with Gasteiger partial charge in [0.15, 0.2) is 6.29 Å². The number of ether oxygens (including phenoxy) is 1. The average molecular weight is 464 g/mol. The molecule has 1 aliphatic carbocycles. The summed E-state index contributed by atoms with van der Waals surface area (Å²) in [6.07, 6.45) is 4.12. The number of rotatable bonds is 7. The van der Waals surface area contributed by atoms with Gasteiger partial charge in [0.1, 0.15) is 12.4 Å². The number of nitrogens with zero attached hydrogens (tertiary/aromatic N) is 1. The van der Waals surface area contributed by atoms with E-state index >= 15 is 0 Å². The van der Waals surface area contributed by atoms with Gasteiger partial charge in [0.05, 0.1) is 10.9 Å². The SMILES string of the molecule is Cc1ccc(-c2cccc(S(=O)(=O)N(C)C3CCCCc4c(OCC=O)cccc43)c2)cc1. The molecule has 0 spiro atoms. The molecule has 0 aliphatic heterocycles. The standard InChI is InChI=1S/C27H29NO4S/c1-20-13-15-21(16-14-20)22-7-5-8-23(19-22)33(30,31)28(2)26-11-4-3-9-25-24(26)10-6-12-27(25)32-18-17-29/h5-8,10,12-17,19,26H,3-4,9,11,18H2,1-2H3. The highest BCUT2D eigenvalue weighted by Gasteiger charge is 2.32. The highest BCUT2D eigenvalue weighted by Crippen LogP contribution is 2.39. The second-order valence-electron chi connectivity index (χ2n) is 8.48. The van der Waals surface area contributed by atoms with Gasteiger partial charge in [-0.3, -0.25) is 4.79 Å². The lowest BCUT2D eigenvalue weighted by Gasteiger charge is -2.29. The van der Waals surface area contributed by atoms with Crippen LogP contribution in [0.2, 0.25) is 0 Å². The van der Waals surface area contributed by atoms with E-state index in [0.717, 1.165) is 59.8 Å². The lowest BCUT2D eigenvalue weighted by molar-refractivity contribution is -0.109. The fourth-order valence-corrected chi connectivity index (χ4v) is 5.92. The number of carbonyl (C=O) groups excluding carboxylic acids is 1. The first-order chi connectivity index (χ1) is 15.9. The van der Waals surface area contributed by atoms with Crippen LogP contribution in [-0.4, -0.2) is 32.7 Å². The second kappa shape index (κ2) is 9.89. The highest BCUT2D eigenvalue weighted by molar-refractivity contribution is 7.89. The normalized spacial score (nSPS) is 16.2. The first kappa shape index (κ1) is 23.2. The van der Waals surface area contributed by atoms with Gasteiger partial charge in [0.25, 0.3) is 0 Å². The molecule has 172 valence electrons. The van der Waals surface area contributed by atoms with Crippen molar-refractivity contribution in [3.8, 4) is 16.9 Å². The minimum atomic E-state index is -3.73. The second-order valence-corrected chi connectivity index (χ2v) is 10.5. The zero-order valence-electron chi connectivity index (χ0n) is 19.0. The molecule has 3 aromatic carbocycles. The van der Waals surface area contributed by atoms with Crippen molar-refractivity contribution < 1.29 is 17.9 Å². The van der Waals surface area contributed by atoms with Crippen molar-refractivity contribution in [2.75, 3.05) is 13.7 Å². The van der Waals surface area contributed by atoms with Crippen LogP contribution >= 0.6 is 0 Å². The number of benzene rings is 3. The van der Waals surface area contributed by atoms with Crippen LogP contribution in [0.3, 0.4) is 0 Å². The van der Waals surface area contributed by atoms with E-state index in [1.807, 2.05) is 55.5 Å². The van der Waals surface area contributed by atoms with Crippen LogP contribution in [0.5, 0.6) is 5.75 Å². The monoisotopic (exact) mass is 463 g/mol. The number of sulfonamides is 1. The third-order valence-corrected chi connectivity index (χ3v) is 8.19. The van der Waals surface area contributed by atoms with Gasteiger partial charge in [-0.1, -0.05) is 60.5 Å². The molecule has 5 nitrogen and oxygen atoms in total. The summed E-state index contributed by atoms with van der Waals surface area (Å²) in [4.78, 5) is 11.1. The summed E-state index contributed by atoms with van der Waals surface area (Å²) >= 11 is 0. The minimum Gasteiger partial charge on any atom is -0.486 e. The number of aryl methyl sites for hydroxylation is 1. The molecule has 1 aliphatic rings. The van der Waals surface area contributed by atoms with Gasteiger partial charge in [-0.25, -0.2) is 8.42 Å². The molecule has 0 saturated heterocycles. The molecule has 0 radical (unpaired) electrons. The summed E-state index contributed by atoms with van der Waals surface area (Å²) < 4.78 is 34.5. The van der Waals surface area contributed by atoms with Crippen LogP contribution in [-0.2, 0) is 21.2 Å². The van der Waals surface area contributed by atoms with Gasteiger partial charge in [-0.15, -0.1) is 0 Å². The van der Waals surface area contributed by atoms with Gasteiger partial charge in [-0.2, -0.15) is 4.31 Å². The summed E-state index contributed by atoms with van der Waals surface area (Å²) in [5, 5.41) is 0. The van der Waals surface area contributed by atoms with Gasteiger partial charge in [-0.05, 0) is 66.6 Å². The van der Waals surface area contributed by atoms with Crippen molar-refractivity contribution in [2.45, 2.75) is 43.5 Å². The van der Waals surface area contributed by atoms with Crippen molar-refractivity contribution in [1.82, 2.24) is 4.31 Å². The Labute approximate surface area is 196 Å². The molecular formula is C27H29NO4S. The first-order valence-electron chi connectivity index (χ1n) is 11.2. The van der Waals surface area contributed by atoms with E-state index in [4.69, 9.17) is 4.74 Å². The summed E-state index contributed by atoms with van der Waals surface area (Å²) in [5.74, 6) is 0.665. The van der Waals surface area contributed by atoms with E-state index in [1.54, 1.807) is 25.2 Å². The number of hydrogen-bond donors (Lipinski definition) is 0. The zero-order chi connectivity index (χ0) is 23.4. The molecule has 33 heavy (non-hydrogen) atoms. The number of hydrogen-bond acceptors (Lipinski definition) is 4. The van der Waals surface area contributed by atoms with Crippen LogP contribution in [0.25, 0.3) is 11.1 Å². The molecule has 3 aromatic rings. The zero-order valence-corrected chi connectivity index (χ0v) is 19.8. The Kier molecular flexibility index (Phi) is 6.96. The Morgan fingerprint density at radius 1 is 1.00 bits per heavy atom. The smallest absolute Gasteiger partial charge is 0.243 e. The van der Waals surface area contributed by atoms with Crippen molar-refractivity contribution >= 4 is 16.3 Å². The van der Waals surface area contributed by atoms with E-state index in [9.17, 15) is 13.2 Å². The first-order valence-corrected chi connectivity index (χ1v) is 12.7. The molecular weight excluding hydrogens is 434 g/mol. The fraction of sp³-hybridized carbons (Fsp3) is 0.296. The van der Waals surface area contributed by atoms with Crippen LogP contribution < -0.4 is 4.74 Å². The van der Waals surface area contributed by atoms with E-state index in [1.165, 1.54) is 4.31 Å². The Bertz CT molecular complexity index is 1240. The van der Waals surface area contributed by atoms with Crippen molar-refractivity contribution in [2.24, 2.45) is 0 Å². The van der Waals surface area contributed by atoms with Crippen LogP contribution in [0.4, 0.5) is 0 Å². The van der Waals surface area contributed by atoms with Gasteiger partial charge in [0, 0.05) is 7.05 Å². The van der Waals surface area contributed by atoms with Crippen LogP contribution in [0, 0.1) is 6.92 Å². The van der Waals surface area contributed by atoms with Crippen LogP contribution in [0.1, 0.15) is 42.0 Å². The van der Waals surface area contributed by atoms with E-state index in [-0.39, 0.29) is 17.5 Å². The number of fused-ring (bicyclic) bond motifs is 1. The van der Waals surface area contributed by atoms with Crippen molar-refractivity contribution in [3.63, 3.8) is 0 Å². The molecule has 0 aromatic heterocycles. The quantitative estimate of drug-likeness (QED) is 0.351. The van der Waals surface area contributed by atoms with E-state index in [0.29, 0.717) is 5.75 Å². The molecule has 1 unspecified atom stereocenters. The predicted octanol–water partition coefficient (Wildman–Crippen LogP) is 5.33. The van der Waals surface area contributed by atoms with Gasteiger partial charge >= 0.3 is 0 Å². The topological polar surface area (TPSA) is 63.7 Å². The van der Waals surface area contributed by atoms with Crippen LogP contribution in [0.15, 0.2) is 71.6 Å². The van der Waals surface area contributed by atoms with Gasteiger partial charge in [0.2, 0.25) is 10.0 Å². The maximum absolute atomic E-state index is 13.7. The van der Waals surface area contributed by atoms with E-state index in [2.05, 4.69) is 0 Å².